The van der Waals surface area contributed by atoms with Gasteiger partial charge in [0.2, 0.25) is 0 Å². The zero-order valence-corrected chi connectivity index (χ0v) is 9.48. The van der Waals surface area contributed by atoms with E-state index < -0.39 is 18.2 Å². The van der Waals surface area contributed by atoms with Crippen LogP contribution >= 0.6 is 0 Å². The van der Waals surface area contributed by atoms with Gasteiger partial charge in [-0.2, -0.15) is 0 Å². The number of phenols is 1. The molecule has 0 spiro atoms. The molecule has 0 saturated heterocycles. The van der Waals surface area contributed by atoms with Gasteiger partial charge in [-0.1, -0.05) is 0 Å². The van der Waals surface area contributed by atoms with E-state index in [4.69, 9.17) is 10.8 Å². The predicted molar refractivity (Wildman–Crippen MR) is 64.2 cm³/mol. The van der Waals surface area contributed by atoms with Gasteiger partial charge in [0.1, 0.15) is 18.0 Å². The lowest BCUT2D eigenvalue weighted by molar-refractivity contribution is -0.143. The molecule has 0 aliphatic heterocycles. The highest BCUT2D eigenvalue weighted by Gasteiger charge is 2.35. The molecule has 1 aromatic heterocycles. The first kappa shape index (κ1) is 12.4. The van der Waals surface area contributed by atoms with E-state index in [1.54, 1.807) is 12.3 Å². The van der Waals surface area contributed by atoms with Crippen molar-refractivity contribution in [3.8, 4) is 5.75 Å². The smallest absolute Gasteiger partial charge is 0.326 e. The number of carbonyl (C=O) groups is 1. The molecule has 0 amide bonds. The third kappa shape index (κ3) is 2.02. The summed E-state index contributed by atoms with van der Waals surface area (Å²) in [6.07, 6.45) is 1.42. The summed E-state index contributed by atoms with van der Waals surface area (Å²) >= 11 is 0. The highest BCUT2D eigenvalue weighted by Crippen LogP contribution is 2.25. The number of fused-ring (bicyclic) bond motifs is 1. The predicted octanol–water partition coefficient (Wildman–Crippen LogP) is 1.17. The fourth-order valence-electron chi connectivity index (χ4n) is 1.83. The average Bonchev–Trinajstić information content (AvgIpc) is 2.71. The third-order valence-electron chi connectivity index (χ3n) is 2.92. The quantitative estimate of drug-likeness (QED) is 0.656. The second-order valence-corrected chi connectivity index (χ2v) is 4.32. The number of aromatic hydroxyl groups is 1. The number of hydrogen-bond donors (Lipinski definition) is 4. The maximum absolute atomic E-state index is 12.8. The van der Waals surface area contributed by atoms with Crippen LogP contribution in [0.5, 0.6) is 5.75 Å². The number of carboxylic acid groups (broad SMARTS) is 1. The number of carboxylic acids is 1. The van der Waals surface area contributed by atoms with Crippen molar-refractivity contribution in [2.24, 2.45) is 5.73 Å². The van der Waals surface area contributed by atoms with Crippen LogP contribution in [0, 0.1) is 0 Å². The topological polar surface area (TPSA) is 99.3 Å². The zero-order chi connectivity index (χ0) is 13.3. The molecule has 5 nitrogen and oxygen atoms in total. The molecule has 6 heteroatoms. The summed E-state index contributed by atoms with van der Waals surface area (Å²) < 4.78 is 12.8. The first-order chi connectivity index (χ1) is 8.46. The van der Waals surface area contributed by atoms with E-state index in [0.29, 0.717) is 10.9 Å². The molecule has 0 fully saturated rings. The largest absolute Gasteiger partial charge is 0.508 e. The number of H-pyrrole nitrogens is 1. The number of aliphatic carboxylic acids is 1. The van der Waals surface area contributed by atoms with Crippen LogP contribution in [0.25, 0.3) is 10.9 Å². The lowest BCUT2D eigenvalue weighted by Crippen LogP contribution is -2.52. The maximum Gasteiger partial charge on any atom is 0.326 e. The number of rotatable bonds is 4. The van der Waals surface area contributed by atoms with Gasteiger partial charge in [0.15, 0.2) is 0 Å². The van der Waals surface area contributed by atoms with Crippen molar-refractivity contribution in [1.82, 2.24) is 4.98 Å². The Labute approximate surface area is 102 Å². The molecule has 5 N–H and O–H groups in total. The molecule has 0 saturated carbocycles. The van der Waals surface area contributed by atoms with Crippen LogP contribution in [-0.2, 0) is 11.2 Å². The summed E-state index contributed by atoms with van der Waals surface area (Å²) in [5.41, 5.74) is 4.86. The van der Waals surface area contributed by atoms with Gasteiger partial charge < -0.3 is 20.9 Å². The second-order valence-electron chi connectivity index (χ2n) is 4.32. The molecular formula is C12H13FN2O3. The van der Waals surface area contributed by atoms with Gasteiger partial charge in [0.05, 0.1) is 0 Å². The second kappa shape index (κ2) is 4.30. The molecule has 0 bridgehead atoms. The van der Waals surface area contributed by atoms with E-state index >= 15 is 0 Å². The SMILES string of the molecule is N[C@@](CF)(Cc1c[nH]c2ccc(O)cc12)C(=O)O. The van der Waals surface area contributed by atoms with Crippen molar-refractivity contribution in [2.75, 3.05) is 6.67 Å². The van der Waals surface area contributed by atoms with E-state index in [0.717, 1.165) is 5.52 Å². The van der Waals surface area contributed by atoms with Gasteiger partial charge in [-0.15, -0.1) is 0 Å². The number of alkyl halides is 1. The summed E-state index contributed by atoms with van der Waals surface area (Å²) in [6, 6.07) is 4.65. The maximum atomic E-state index is 12.8. The van der Waals surface area contributed by atoms with Crippen LogP contribution in [0.4, 0.5) is 4.39 Å². The molecule has 2 aromatic rings. The summed E-state index contributed by atoms with van der Waals surface area (Å²) in [4.78, 5) is 13.9. The molecule has 1 atom stereocenters. The highest BCUT2D eigenvalue weighted by atomic mass is 19.1. The zero-order valence-electron chi connectivity index (χ0n) is 9.48. The number of hydrogen-bond acceptors (Lipinski definition) is 3. The highest BCUT2D eigenvalue weighted by molar-refractivity contribution is 5.86. The van der Waals surface area contributed by atoms with Crippen LogP contribution in [0.15, 0.2) is 24.4 Å². The van der Waals surface area contributed by atoms with Crippen molar-refractivity contribution in [3.63, 3.8) is 0 Å². The Kier molecular flexibility index (Phi) is 2.96. The molecule has 0 radical (unpaired) electrons. The number of halogens is 1. The summed E-state index contributed by atoms with van der Waals surface area (Å²) in [6.45, 7) is -1.16. The Hall–Kier alpha value is -2.08. The molecule has 1 heterocycles. The van der Waals surface area contributed by atoms with Gasteiger partial charge >= 0.3 is 5.97 Å². The minimum Gasteiger partial charge on any atom is -0.508 e. The van der Waals surface area contributed by atoms with Crippen molar-refractivity contribution in [2.45, 2.75) is 12.0 Å². The number of benzene rings is 1. The van der Waals surface area contributed by atoms with E-state index in [1.165, 1.54) is 12.1 Å². The van der Waals surface area contributed by atoms with E-state index in [9.17, 15) is 14.3 Å². The number of aromatic amines is 1. The summed E-state index contributed by atoms with van der Waals surface area (Å²) in [5, 5.41) is 19.0. The number of phenolic OH excluding ortho intramolecular Hbond substituents is 1. The Morgan fingerprint density at radius 2 is 2.22 bits per heavy atom. The van der Waals surface area contributed by atoms with Crippen molar-refractivity contribution in [3.05, 3.63) is 30.0 Å². The lowest BCUT2D eigenvalue weighted by Gasteiger charge is -2.20. The van der Waals surface area contributed by atoms with Gasteiger partial charge in [0, 0.05) is 23.5 Å². The van der Waals surface area contributed by atoms with Crippen molar-refractivity contribution < 1.29 is 19.4 Å². The molecule has 18 heavy (non-hydrogen) atoms. The minimum atomic E-state index is -1.94. The molecule has 0 aliphatic carbocycles. The van der Waals surface area contributed by atoms with Crippen molar-refractivity contribution >= 4 is 16.9 Å². The fraction of sp³-hybridized carbons (Fsp3) is 0.250. The van der Waals surface area contributed by atoms with Gasteiger partial charge in [-0.05, 0) is 23.8 Å². The Bertz CT molecular complexity index is 596. The Morgan fingerprint density at radius 3 is 2.83 bits per heavy atom. The third-order valence-corrected chi connectivity index (χ3v) is 2.92. The summed E-state index contributed by atoms with van der Waals surface area (Å²) in [5.74, 6) is -1.33. The monoisotopic (exact) mass is 252 g/mol. The standard InChI is InChI=1S/C12H13FN2O3/c13-6-12(14,11(17)18)4-7-5-15-10-2-1-8(16)3-9(7)10/h1-3,5,15-16H,4,6,14H2,(H,17,18)/t12-/m1/s1. The van der Waals surface area contributed by atoms with Crippen molar-refractivity contribution in [1.29, 1.82) is 0 Å². The first-order valence-electron chi connectivity index (χ1n) is 5.33. The fourth-order valence-corrected chi connectivity index (χ4v) is 1.83. The molecule has 2 rings (SSSR count). The van der Waals surface area contributed by atoms with Gasteiger partial charge in [0.25, 0.3) is 0 Å². The normalized spacial score (nSPS) is 14.6. The van der Waals surface area contributed by atoms with Gasteiger partial charge in [-0.25, -0.2) is 4.39 Å². The van der Waals surface area contributed by atoms with E-state index in [-0.39, 0.29) is 12.2 Å². The molecule has 1 aromatic carbocycles. The van der Waals surface area contributed by atoms with Gasteiger partial charge in [-0.3, -0.25) is 4.79 Å². The van der Waals surface area contributed by atoms with E-state index in [1.807, 2.05) is 0 Å². The number of nitrogens with one attached hydrogen (secondary N) is 1. The molecule has 0 unspecified atom stereocenters. The first-order valence-corrected chi connectivity index (χ1v) is 5.33. The summed E-state index contributed by atoms with van der Waals surface area (Å²) in [7, 11) is 0. The minimum absolute atomic E-state index is 0.0570. The van der Waals surface area contributed by atoms with Crippen LogP contribution in [0.3, 0.4) is 0 Å². The van der Waals surface area contributed by atoms with Crippen LogP contribution in [0.1, 0.15) is 5.56 Å². The van der Waals surface area contributed by atoms with Crippen LogP contribution in [-0.4, -0.2) is 33.4 Å². The number of aromatic nitrogens is 1. The lowest BCUT2D eigenvalue weighted by atomic mass is 9.93. The van der Waals surface area contributed by atoms with Crippen LogP contribution in [0.2, 0.25) is 0 Å². The Balaban J connectivity index is 2.43. The Morgan fingerprint density at radius 1 is 1.50 bits per heavy atom. The van der Waals surface area contributed by atoms with Crippen LogP contribution < -0.4 is 5.73 Å². The molecular weight excluding hydrogens is 239 g/mol. The average molecular weight is 252 g/mol. The molecule has 96 valence electrons. The number of nitrogens with two attached hydrogens (primary N) is 1. The van der Waals surface area contributed by atoms with E-state index in [2.05, 4.69) is 4.98 Å². The molecule has 0 aliphatic rings.